The number of para-hydroxylation sites is 1. The fraction of sp³-hybridized carbons (Fsp3) is 0.240. The zero-order valence-electron chi connectivity index (χ0n) is 17.5. The SMILES string of the molecule is COCCC1CN=Cc2c(cncc2-c2ccc(NC(=O)Nc3ccccc3)cc2)C1. The smallest absolute Gasteiger partial charge is 0.323 e. The van der Waals surface area contributed by atoms with Crippen molar-refractivity contribution in [2.45, 2.75) is 12.8 Å². The lowest BCUT2D eigenvalue weighted by Gasteiger charge is -2.14. The Bertz CT molecular complexity index is 1050. The number of urea groups is 1. The van der Waals surface area contributed by atoms with Crippen LogP contribution in [0, 0.1) is 5.92 Å². The lowest BCUT2D eigenvalue weighted by atomic mass is 9.92. The molecule has 2 heterocycles. The number of amides is 2. The van der Waals surface area contributed by atoms with Gasteiger partial charge in [0.05, 0.1) is 0 Å². The van der Waals surface area contributed by atoms with Gasteiger partial charge in [0.25, 0.3) is 0 Å². The van der Waals surface area contributed by atoms with Gasteiger partial charge in [-0.3, -0.25) is 9.98 Å². The van der Waals surface area contributed by atoms with Crippen LogP contribution < -0.4 is 10.6 Å². The van der Waals surface area contributed by atoms with Gasteiger partial charge in [-0.2, -0.15) is 0 Å². The van der Waals surface area contributed by atoms with Crippen molar-refractivity contribution in [1.82, 2.24) is 4.98 Å². The van der Waals surface area contributed by atoms with E-state index in [1.54, 1.807) is 7.11 Å². The number of rotatable bonds is 6. The quantitative estimate of drug-likeness (QED) is 0.595. The highest BCUT2D eigenvalue weighted by molar-refractivity contribution is 6.00. The van der Waals surface area contributed by atoms with E-state index in [1.807, 2.05) is 73.2 Å². The second-order valence-electron chi connectivity index (χ2n) is 7.63. The van der Waals surface area contributed by atoms with Crippen molar-refractivity contribution in [3.63, 3.8) is 0 Å². The summed E-state index contributed by atoms with van der Waals surface area (Å²) in [5.41, 5.74) is 5.90. The normalized spacial score (nSPS) is 15.1. The molecule has 1 aromatic heterocycles. The van der Waals surface area contributed by atoms with Gasteiger partial charge >= 0.3 is 6.03 Å². The van der Waals surface area contributed by atoms with Crippen molar-refractivity contribution < 1.29 is 9.53 Å². The highest BCUT2D eigenvalue weighted by Crippen LogP contribution is 2.29. The molecule has 31 heavy (non-hydrogen) atoms. The van der Waals surface area contributed by atoms with Crippen LogP contribution in [0.5, 0.6) is 0 Å². The van der Waals surface area contributed by atoms with Gasteiger partial charge in [-0.1, -0.05) is 30.3 Å². The first-order valence-electron chi connectivity index (χ1n) is 10.4. The molecule has 6 heteroatoms. The molecule has 0 radical (unpaired) electrons. The number of methoxy groups -OCH3 is 1. The van der Waals surface area contributed by atoms with Crippen LogP contribution in [0.3, 0.4) is 0 Å². The maximum Gasteiger partial charge on any atom is 0.323 e. The average molecular weight is 415 g/mol. The monoisotopic (exact) mass is 414 g/mol. The molecule has 0 bridgehead atoms. The Labute approximate surface area is 182 Å². The molecule has 1 unspecified atom stereocenters. The number of carbonyl (C=O) groups excluding carboxylic acids is 1. The van der Waals surface area contributed by atoms with E-state index < -0.39 is 0 Å². The van der Waals surface area contributed by atoms with Gasteiger partial charge in [0.15, 0.2) is 0 Å². The van der Waals surface area contributed by atoms with Crippen LogP contribution in [-0.2, 0) is 11.2 Å². The second kappa shape index (κ2) is 10.00. The highest BCUT2D eigenvalue weighted by Gasteiger charge is 2.17. The van der Waals surface area contributed by atoms with E-state index in [2.05, 4.69) is 20.6 Å². The van der Waals surface area contributed by atoms with Gasteiger partial charge in [0.2, 0.25) is 0 Å². The number of aromatic nitrogens is 1. The predicted octanol–water partition coefficient (Wildman–Crippen LogP) is 5.02. The van der Waals surface area contributed by atoms with E-state index in [1.165, 1.54) is 5.56 Å². The van der Waals surface area contributed by atoms with Crippen LogP contribution in [0.4, 0.5) is 16.2 Å². The summed E-state index contributed by atoms with van der Waals surface area (Å²) in [4.78, 5) is 21.3. The summed E-state index contributed by atoms with van der Waals surface area (Å²) in [7, 11) is 1.73. The Morgan fingerprint density at radius 2 is 1.77 bits per heavy atom. The molecule has 3 aromatic rings. The molecule has 0 saturated carbocycles. The summed E-state index contributed by atoms with van der Waals surface area (Å²) in [6.07, 6.45) is 7.73. The minimum atomic E-state index is -0.275. The summed E-state index contributed by atoms with van der Waals surface area (Å²) in [5.74, 6) is 0.462. The third-order valence-corrected chi connectivity index (χ3v) is 5.38. The molecule has 1 aliphatic heterocycles. The maximum absolute atomic E-state index is 12.2. The third-order valence-electron chi connectivity index (χ3n) is 5.38. The minimum absolute atomic E-state index is 0.275. The van der Waals surface area contributed by atoms with Gasteiger partial charge in [-0.25, -0.2) is 4.79 Å². The van der Waals surface area contributed by atoms with Crippen LogP contribution in [0.1, 0.15) is 17.5 Å². The first-order chi connectivity index (χ1) is 15.2. The molecule has 2 amide bonds. The number of ether oxygens (including phenoxy) is 1. The maximum atomic E-state index is 12.2. The number of hydrogen-bond donors (Lipinski definition) is 2. The number of nitrogens with one attached hydrogen (secondary N) is 2. The number of aliphatic imine (C=N–C) groups is 1. The highest BCUT2D eigenvalue weighted by atomic mass is 16.5. The Morgan fingerprint density at radius 1 is 1.03 bits per heavy atom. The Balaban J connectivity index is 1.48. The summed E-state index contributed by atoms with van der Waals surface area (Å²) in [6.45, 7) is 1.55. The summed E-state index contributed by atoms with van der Waals surface area (Å²) < 4.78 is 5.24. The number of anilines is 2. The summed E-state index contributed by atoms with van der Waals surface area (Å²) >= 11 is 0. The van der Waals surface area contributed by atoms with E-state index in [0.29, 0.717) is 5.92 Å². The number of carbonyl (C=O) groups is 1. The summed E-state index contributed by atoms with van der Waals surface area (Å²) in [6, 6.07) is 16.9. The van der Waals surface area contributed by atoms with Gasteiger partial charge < -0.3 is 15.4 Å². The lowest BCUT2D eigenvalue weighted by Crippen LogP contribution is -2.19. The zero-order chi connectivity index (χ0) is 21.5. The average Bonchev–Trinajstić information content (AvgIpc) is 3.01. The number of benzene rings is 2. The molecule has 1 atom stereocenters. The molecule has 0 aliphatic carbocycles. The van der Waals surface area contributed by atoms with Crippen molar-refractivity contribution in [3.05, 3.63) is 78.1 Å². The topological polar surface area (TPSA) is 75.6 Å². The molecule has 1 aliphatic rings. The van der Waals surface area contributed by atoms with Crippen molar-refractivity contribution in [3.8, 4) is 11.1 Å². The first-order valence-corrected chi connectivity index (χ1v) is 10.4. The van der Waals surface area contributed by atoms with E-state index in [9.17, 15) is 4.79 Å². The van der Waals surface area contributed by atoms with Crippen molar-refractivity contribution in [1.29, 1.82) is 0 Å². The molecular formula is C25H26N4O2. The minimum Gasteiger partial charge on any atom is -0.385 e. The van der Waals surface area contributed by atoms with E-state index in [4.69, 9.17) is 4.74 Å². The lowest BCUT2D eigenvalue weighted by molar-refractivity contribution is 0.178. The van der Waals surface area contributed by atoms with Gasteiger partial charge in [-0.15, -0.1) is 0 Å². The van der Waals surface area contributed by atoms with Crippen LogP contribution >= 0.6 is 0 Å². The number of nitrogens with zero attached hydrogens (tertiary/aromatic N) is 2. The Kier molecular flexibility index (Phi) is 6.69. The Morgan fingerprint density at radius 3 is 2.52 bits per heavy atom. The van der Waals surface area contributed by atoms with Crippen LogP contribution in [-0.4, -0.2) is 37.5 Å². The third kappa shape index (κ3) is 5.35. The summed E-state index contributed by atoms with van der Waals surface area (Å²) in [5, 5.41) is 5.68. The molecule has 2 aromatic carbocycles. The number of fused-ring (bicyclic) bond motifs is 1. The van der Waals surface area contributed by atoms with E-state index in [0.717, 1.165) is 54.1 Å². The first kappa shape index (κ1) is 20.8. The predicted molar refractivity (Wildman–Crippen MR) is 125 cm³/mol. The number of pyridine rings is 1. The van der Waals surface area contributed by atoms with Crippen molar-refractivity contribution >= 4 is 23.6 Å². The Hall–Kier alpha value is -3.51. The van der Waals surface area contributed by atoms with Crippen molar-refractivity contribution in [2.24, 2.45) is 10.9 Å². The number of hydrogen-bond acceptors (Lipinski definition) is 4. The molecule has 158 valence electrons. The molecule has 0 fully saturated rings. The molecule has 2 N–H and O–H groups in total. The molecule has 0 spiro atoms. The van der Waals surface area contributed by atoms with E-state index >= 15 is 0 Å². The fourth-order valence-electron chi connectivity index (χ4n) is 3.75. The second-order valence-corrected chi connectivity index (χ2v) is 7.63. The molecule has 0 saturated heterocycles. The van der Waals surface area contributed by atoms with Crippen molar-refractivity contribution in [2.75, 3.05) is 30.9 Å². The largest absolute Gasteiger partial charge is 0.385 e. The van der Waals surface area contributed by atoms with Gasteiger partial charge in [0, 0.05) is 61.4 Å². The van der Waals surface area contributed by atoms with Gasteiger partial charge in [0.1, 0.15) is 0 Å². The zero-order valence-corrected chi connectivity index (χ0v) is 17.5. The fourth-order valence-corrected chi connectivity index (χ4v) is 3.75. The van der Waals surface area contributed by atoms with Crippen LogP contribution in [0.15, 0.2) is 72.0 Å². The standard InChI is InChI=1S/C25H26N4O2/c1-31-12-11-18-13-20-15-27-16-23(24(20)17-26-14-18)19-7-9-22(10-8-19)29-25(30)28-21-5-3-2-4-6-21/h2-10,15-18H,11-14H2,1H3,(H2,28,29,30). The molecular weight excluding hydrogens is 388 g/mol. The van der Waals surface area contributed by atoms with Crippen LogP contribution in [0.25, 0.3) is 11.1 Å². The molecule has 4 rings (SSSR count). The molecule has 6 nitrogen and oxygen atoms in total. The van der Waals surface area contributed by atoms with Gasteiger partial charge in [-0.05, 0) is 54.2 Å². The van der Waals surface area contributed by atoms with E-state index in [-0.39, 0.29) is 6.03 Å². The van der Waals surface area contributed by atoms with Crippen LogP contribution in [0.2, 0.25) is 0 Å².